The van der Waals surface area contributed by atoms with Crippen molar-refractivity contribution in [2.75, 3.05) is 13.1 Å². The van der Waals surface area contributed by atoms with Crippen LogP contribution in [0.1, 0.15) is 23.5 Å². The summed E-state index contributed by atoms with van der Waals surface area (Å²) in [6.45, 7) is 3.60. The Morgan fingerprint density at radius 1 is 1.50 bits per heavy atom. The molecule has 1 heterocycles. The molecule has 1 atom stereocenters. The summed E-state index contributed by atoms with van der Waals surface area (Å²) in [4.78, 5) is 0. The fraction of sp³-hybridized carbons (Fsp3) is 0.455. The Kier molecular flexibility index (Phi) is 2.42. The zero-order chi connectivity index (χ0) is 10.1. The van der Waals surface area contributed by atoms with Gasteiger partial charge in [0.05, 0.1) is 0 Å². The fourth-order valence-electron chi connectivity index (χ4n) is 1.99. The second-order valence-electron chi connectivity index (χ2n) is 3.88. The third kappa shape index (κ3) is 1.60. The number of phenolic OH excluding ortho intramolecular Hbond substituents is 1. The number of nitrogens with one attached hydrogen (secondary N) is 1. The van der Waals surface area contributed by atoms with Gasteiger partial charge >= 0.3 is 0 Å². The van der Waals surface area contributed by atoms with E-state index in [1.807, 2.05) is 13.0 Å². The number of aryl methyl sites for hydroxylation is 1. The van der Waals surface area contributed by atoms with Crippen LogP contribution in [0.4, 0.5) is 4.39 Å². The van der Waals surface area contributed by atoms with E-state index in [1.165, 1.54) is 6.07 Å². The molecule has 14 heavy (non-hydrogen) atoms. The SMILES string of the molecule is Cc1cc(O)c(F)c(C2CCNC2)c1. The minimum atomic E-state index is -0.454. The summed E-state index contributed by atoms with van der Waals surface area (Å²) in [5.74, 6) is -0.475. The molecule has 0 radical (unpaired) electrons. The van der Waals surface area contributed by atoms with Gasteiger partial charge in [-0.15, -0.1) is 0 Å². The number of phenols is 1. The minimum absolute atomic E-state index is 0.209. The van der Waals surface area contributed by atoms with Crippen LogP contribution in [0.3, 0.4) is 0 Å². The van der Waals surface area contributed by atoms with Crippen molar-refractivity contribution in [3.05, 3.63) is 29.1 Å². The van der Waals surface area contributed by atoms with Gasteiger partial charge in [-0.05, 0) is 37.1 Å². The Balaban J connectivity index is 2.40. The molecule has 3 heteroatoms. The monoisotopic (exact) mass is 195 g/mol. The molecule has 1 fully saturated rings. The summed E-state index contributed by atoms with van der Waals surface area (Å²) < 4.78 is 13.6. The predicted octanol–water partition coefficient (Wildman–Crippen LogP) is 1.92. The average molecular weight is 195 g/mol. The van der Waals surface area contributed by atoms with E-state index in [9.17, 15) is 9.50 Å². The molecule has 2 nitrogen and oxygen atoms in total. The van der Waals surface area contributed by atoms with Crippen LogP contribution in [0.15, 0.2) is 12.1 Å². The molecular formula is C11H14FNO. The second-order valence-corrected chi connectivity index (χ2v) is 3.88. The third-order valence-corrected chi connectivity index (χ3v) is 2.73. The summed E-state index contributed by atoms with van der Waals surface area (Å²) in [5, 5.41) is 12.5. The smallest absolute Gasteiger partial charge is 0.168 e. The van der Waals surface area contributed by atoms with Crippen LogP contribution in [-0.2, 0) is 0 Å². The molecular weight excluding hydrogens is 181 g/mol. The average Bonchev–Trinajstić information content (AvgIpc) is 2.63. The highest BCUT2D eigenvalue weighted by Crippen LogP contribution is 2.30. The Morgan fingerprint density at radius 2 is 2.29 bits per heavy atom. The van der Waals surface area contributed by atoms with Crippen LogP contribution in [0.25, 0.3) is 0 Å². The van der Waals surface area contributed by atoms with Crippen molar-refractivity contribution in [1.82, 2.24) is 5.32 Å². The van der Waals surface area contributed by atoms with E-state index < -0.39 is 5.82 Å². The van der Waals surface area contributed by atoms with Gasteiger partial charge in [-0.1, -0.05) is 6.07 Å². The summed E-state index contributed by atoms with van der Waals surface area (Å²) >= 11 is 0. The van der Waals surface area contributed by atoms with Crippen LogP contribution in [0.5, 0.6) is 5.75 Å². The zero-order valence-corrected chi connectivity index (χ0v) is 8.18. The Bertz CT molecular complexity index is 345. The van der Waals surface area contributed by atoms with Gasteiger partial charge in [0.2, 0.25) is 0 Å². The highest BCUT2D eigenvalue weighted by molar-refractivity contribution is 5.37. The van der Waals surface area contributed by atoms with Crippen molar-refractivity contribution in [1.29, 1.82) is 0 Å². The maximum Gasteiger partial charge on any atom is 0.168 e. The molecule has 2 N–H and O–H groups in total. The first-order valence-electron chi connectivity index (χ1n) is 4.88. The Morgan fingerprint density at radius 3 is 2.93 bits per heavy atom. The zero-order valence-electron chi connectivity index (χ0n) is 8.18. The largest absolute Gasteiger partial charge is 0.505 e. The minimum Gasteiger partial charge on any atom is -0.505 e. The molecule has 0 amide bonds. The summed E-state index contributed by atoms with van der Waals surface area (Å²) in [6, 6.07) is 3.29. The maximum atomic E-state index is 13.6. The van der Waals surface area contributed by atoms with Crippen molar-refractivity contribution in [3.63, 3.8) is 0 Å². The van der Waals surface area contributed by atoms with Crippen molar-refractivity contribution >= 4 is 0 Å². The van der Waals surface area contributed by atoms with E-state index in [2.05, 4.69) is 5.32 Å². The predicted molar refractivity (Wildman–Crippen MR) is 53.0 cm³/mol. The van der Waals surface area contributed by atoms with Crippen molar-refractivity contribution in [2.24, 2.45) is 0 Å². The lowest BCUT2D eigenvalue weighted by Crippen LogP contribution is -2.09. The van der Waals surface area contributed by atoms with Crippen LogP contribution in [-0.4, -0.2) is 18.2 Å². The lowest BCUT2D eigenvalue weighted by atomic mass is 9.96. The molecule has 0 aliphatic carbocycles. The van der Waals surface area contributed by atoms with Crippen LogP contribution in [0, 0.1) is 12.7 Å². The Hall–Kier alpha value is -1.09. The van der Waals surface area contributed by atoms with Crippen LogP contribution >= 0.6 is 0 Å². The fourth-order valence-corrected chi connectivity index (χ4v) is 1.99. The molecule has 2 rings (SSSR count). The summed E-state index contributed by atoms with van der Waals surface area (Å²) in [7, 11) is 0. The highest BCUT2D eigenvalue weighted by atomic mass is 19.1. The second kappa shape index (κ2) is 3.58. The van der Waals surface area contributed by atoms with E-state index in [-0.39, 0.29) is 11.7 Å². The first-order chi connectivity index (χ1) is 6.68. The number of hydrogen-bond donors (Lipinski definition) is 2. The lowest BCUT2D eigenvalue weighted by molar-refractivity contribution is 0.425. The third-order valence-electron chi connectivity index (χ3n) is 2.73. The topological polar surface area (TPSA) is 32.3 Å². The van der Waals surface area contributed by atoms with Crippen LogP contribution in [0.2, 0.25) is 0 Å². The molecule has 1 aromatic rings. The first kappa shape index (κ1) is 9.46. The number of hydrogen-bond acceptors (Lipinski definition) is 2. The lowest BCUT2D eigenvalue weighted by Gasteiger charge is -2.11. The molecule has 0 bridgehead atoms. The molecule has 0 spiro atoms. The highest BCUT2D eigenvalue weighted by Gasteiger charge is 2.21. The molecule has 0 saturated carbocycles. The number of halogens is 1. The quantitative estimate of drug-likeness (QED) is 0.717. The van der Waals surface area contributed by atoms with Gasteiger partial charge in [-0.25, -0.2) is 4.39 Å². The van der Waals surface area contributed by atoms with E-state index in [1.54, 1.807) is 0 Å². The standard InChI is InChI=1S/C11H14FNO/c1-7-4-9(8-2-3-13-6-8)11(12)10(14)5-7/h4-5,8,13-14H,2-3,6H2,1H3. The molecule has 1 saturated heterocycles. The molecule has 1 unspecified atom stereocenters. The summed E-state index contributed by atoms with van der Waals surface area (Å²) in [5.41, 5.74) is 1.55. The number of aromatic hydroxyl groups is 1. The van der Waals surface area contributed by atoms with Crippen molar-refractivity contribution < 1.29 is 9.50 Å². The van der Waals surface area contributed by atoms with Gasteiger partial charge in [0, 0.05) is 12.5 Å². The van der Waals surface area contributed by atoms with Gasteiger partial charge in [0.15, 0.2) is 11.6 Å². The maximum absolute atomic E-state index is 13.6. The summed E-state index contributed by atoms with van der Waals surface area (Å²) in [6.07, 6.45) is 0.944. The first-order valence-corrected chi connectivity index (χ1v) is 4.88. The normalized spacial score (nSPS) is 21.4. The van der Waals surface area contributed by atoms with E-state index in [0.717, 1.165) is 25.1 Å². The molecule has 1 aromatic carbocycles. The molecule has 76 valence electrons. The van der Waals surface area contributed by atoms with E-state index in [4.69, 9.17) is 0 Å². The van der Waals surface area contributed by atoms with E-state index >= 15 is 0 Å². The Labute approximate surface area is 82.8 Å². The molecule has 0 aromatic heterocycles. The van der Waals surface area contributed by atoms with Gasteiger partial charge in [-0.3, -0.25) is 0 Å². The van der Waals surface area contributed by atoms with Gasteiger partial charge in [0.1, 0.15) is 0 Å². The number of benzene rings is 1. The molecule has 1 aliphatic heterocycles. The van der Waals surface area contributed by atoms with Gasteiger partial charge in [0.25, 0.3) is 0 Å². The van der Waals surface area contributed by atoms with Crippen molar-refractivity contribution in [3.8, 4) is 5.75 Å². The van der Waals surface area contributed by atoms with E-state index in [0.29, 0.717) is 5.56 Å². The number of rotatable bonds is 1. The van der Waals surface area contributed by atoms with Crippen LogP contribution < -0.4 is 5.32 Å². The molecule has 1 aliphatic rings. The van der Waals surface area contributed by atoms with Gasteiger partial charge in [-0.2, -0.15) is 0 Å². The van der Waals surface area contributed by atoms with Gasteiger partial charge < -0.3 is 10.4 Å². The van der Waals surface area contributed by atoms with Crippen molar-refractivity contribution in [2.45, 2.75) is 19.3 Å².